The van der Waals surface area contributed by atoms with E-state index in [-0.39, 0.29) is 35.5 Å². The second kappa shape index (κ2) is 8.20. The molecule has 6 heteroatoms. The third-order valence-corrected chi connectivity index (χ3v) is 3.70. The highest BCUT2D eigenvalue weighted by molar-refractivity contribution is 5.94. The lowest BCUT2D eigenvalue weighted by Crippen LogP contribution is -2.40. The first kappa shape index (κ1) is 17.7. The number of hydrogen-bond acceptors (Lipinski definition) is 3. The molecule has 21 heavy (non-hydrogen) atoms. The number of nitrogens with one attached hydrogen (secondary N) is 3. The van der Waals surface area contributed by atoms with Crippen LogP contribution in [0, 0.1) is 0 Å². The highest BCUT2D eigenvalue weighted by Gasteiger charge is 2.17. The Bertz CT molecular complexity index is 542. The van der Waals surface area contributed by atoms with E-state index in [0.29, 0.717) is 6.54 Å². The molecule has 0 radical (unpaired) electrons. The fourth-order valence-electron chi connectivity index (χ4n) is 2.61. The average Bonchev–Trinajstić information content (AvgIpc) is 2.44. The minimum absolute atomic E-state index is 0. The van der Waals surface area contributed by atoms with Crippen molar-refractivity contribution in [2.24, 2.45) is 0 Å². The molecule has 1 aliphatic carbocycles. The van der Waals surface area contributed by atoms with Crippen LogP contribution in [0.1, 0.15) is 48.3 Å². The van der Waals surface area contributed by atoms with Crippen molar-refractivity contribution in [2.75, 3.05) is 13.1 Å². The molecule has 0 spiro atoms. The third-order valence-electron chi connectivity index (χ3n) is 3.70. The predicted molar refractivity (Wildman–Crippen MR) is 86.4 cm³/mol. The molecular weight excluding hydrogens is 290 g/mol. The fourth-order valence-corrected chi connectivity index (χ4v) is 2.61. The molecule has 2 rings (SSSR count). The molecule has 1 heterocycles. The van der Waals surface area contributed by atoms with Crippen LogP contribution in [0.2, 0.25) is 0 Å². The summed E-state index contributed by atoms with van der Waals surface area (Å²) >= 11 is 0. The highest BCUT2D eigenvalue weighted by Crippen LogP contribution is 2.18. The molecule has 118 valence electrons. The van der Waals surface area contributed by atoms with Crippen LogP contribution < -0.4 is 16.2 Å². The summed E-state index contributed by atoms with van der Waals surface area (Å²) in [6, 6.07) is 1.96. The maximum atomic E-state index is 12.1. The zero-order valence-electron chi connectivity index (χ0n) is 12.6. The van der Waals surface area contributed by atoms with Gasteiger partial charge in [0, 0.05) is 18.3 Å². The first-order valence-electron chi connectivity index (χ1n) is 7.38. The van der Waals surface area contributed by atoms with Gasteiger partial charge in [0.1, 0.15) is 5.56 Å². The van der Waals surface area contributed by atoms with Gasteiger partial charge in [0.05, 0.1) is 0 Å². The van der Waals surface area contributed by atoms with E-state index in [9.17, 15) is 9.59 Å². The first-order valence-corrected chi connectivity index (χ1v) is 7.38. The molecule has 5 nitrogen and oxygen atoms in total. The van der Waals surface area contributed by atoms with Gasteiger partial charge in [-0.15, -0.1) is 12.4 Å². The van der Waals surface area contributed by atoms with Crippen molar-refractivity contribution in [1.82, 2.24) is 15.6 Å². The molecule has 0 unspecified atom stereocenters. The van der Waals surface area contributed by atoms with Crippen LogP contribution in [-0.4, -0.2) is 30.0 Å². The molecule has 0 fully saturated rings. The van der Waals surface area contributed by atoms with E-state index in [1.54, 1.807) is 6.07 Å². The summed E-state index contributed by atoms with van der Waals surface area (Å²) in [5.41, 5.74) is 2.06. The number of likely N-dealkylation sites (N-methyl/N-ethyl adjacent to an activating group) is 1. The summed E-state index contributed by atoms with van der Waals surface area (Å²) in [5, 5.41) is 6.03. The lowest BCUT2D eigenvalue weighted by molar-refractivity contribution is 0.0948. The van der Waals surface area contributed by atoms with Crippen molar-refractivity contribution in [3.05, 3.63) is 33.2 Å². The maximum absolute atomic E-state index is 12.1. The van der Waals surface area contributed by atoms with E-state index >= 15 is 0 Å². The quantitative estimate of drug-likeness (QED) is 0.769. The summed E-state index contributed by atoms with van der Waals surface area (Å²) in [7, 11) is 0. The van der Waals surface area contributed by atoms with E-state index in [2.05, 4.69) is 15.6 Å². The van der Waals surface area contributed by atoms with Crippen molar-refractivity contribution < 1.29 is 4.79 Å². The molecule has 0 aliphatic heterocycles. The van der Waals surface area contributed by atoms with E-state index in [0.717, 1.165) is 43.5 Å². The van der Waals surface area contributed by atoms with Crippen LogP contribution in [0.4, 0.5) is 0 Å². The van der Waals surface area contributed by atoms with Gasteiger partial charge in [-0.3, -0.25) is 9.59 Å². The van der Waals surface area contributed by atoms with Crippen molar-refractivity contribution in [1.29, 1.82) is 0 Å². The van der Waals surface area contributed by atoms with Crippen molar-refractivity contribution in [3.63, 3.8) is 0 Å². The largest absolute Gasteiger partial charge is 0.350 e. The van der Waals surface area contributed by atoms with E-state index < -0.39 is 0 Å². The lowest BCUT2D eigenvalue weighted by Gasteiger charge is -2.17. The Balaban J connectivity index is 0.00000220. The number of fused-ring (bicyclic) bond motifs is 1. The van der Waals surface area contributed by atoms with E-state index in [4.69, 9.17) is 0 Å². The molecule has 1 aromatic heterocycles. The number of hydrogen-bond donors (Lipinski definition) is 3. The summed E-state index contributed by atoms with van der Waals surface area (Å²) in [4.78, 5) is 26.9. The molecule has 1 amide bonds. The Morgan fingerprint density at radius 1 is 1.38 bits per heavy atom. The number of aryl methyl sites for hydroxylation is 2. The average molecular weight is 314 g/mol. The molecule has 3 N–H and O–H groups in total. The molecule has 0 aromatic carbocycles. The zero-order chi connectivity index (χ0) is 14.5. The van der Waals surface area contributed by atoms with Crippen molar-refractivity contribution >= 4 is 18.3 Å². The number of halogens is 1. The number of rotatable bonds is 5. The van der Waals surface area contributed by atoms with Gasteiger partial charge < -0.3 is 15.6 Å². The number of H-pyrrole nitrogens is 1. The minimum Gasteiger partial charge on any atom is -0.350 e. The van der Waals surface area contributed by atoms with Gasteiger partial charge in [0.15, 0.2) is 0 Å². The standard InChI is InChI=1S/C15H23N3O2.ClH/c1-3-16-10(2)9-17-14(19)12-8-11-6-4-5-7-13(11)18-15(12)20;/h8,10,16H,3-7,9H2,1-2H3,(H,17,19)(H,18,20);1H/t10-;/m1./s1. The highest BCUT2D eigenvalue weighted by atomic mass is 35.5. The minimum atomic E-state index is -0.288. The molecule has 1 aliphatic rings. The van der Waals surface area contributed by atoms with Gasteiger partial charge in [-0.25, -0.2) is 0 Å². The second-order valence-electron chi connectivity index (χ2n) is 5.39. The van der Waals surface area contributed by atoms with Crippen molar-refractivity contribution in [2.45, 2.75) is 45.6 Å². The fraction of sp³-hybridized carbons (Fsp3) is 0.600. The van der Waals surface area contributed by atoms with Gasteiger partial charge in [-0.1, -0.05) is 6.92 Å². The Hall–Kier alpha value is -1.33. The number of carbonyl (C=O) groups is 1. The summed E-state index contributed by atoms with van der Waals surface area (Å²) < 4.78 is 0. The van der Waals surface area contributed by atoms with Gasteiger partial charge in [0.2, 0.25) is 0 Å². The second-order valence-corrected chi connectivity index (χ2v) is 5.39. The maximum Gasteiger partial charge on any atom is 0.261 e. The van der Waals surface area contributed by atoms with Gasteiger partial charge in [0.25, 0.3) is 11.5 Å². The number of aromatic amines is 1. The number of amides is 1. The number of aromatic nitrogens is 1. The van der Waals surface area contributed by atoms with Crippen LogP contribution in [0.5, 0.6) is 0 Å². The summed E-state index contributed by atoms with van der Waals surface area (Å²) in [6.45, 7) is 5.40. The summed E-state index contributed by atoms with van der Waals surface area (Å²) in [6.07, 6.45) is 4.08. The van der Waals surface area contributed by atoms with Gasteiger partial charge in [-0.05, 0) is 50.8 Å². The smallest absolute Gasteiger partial charge is 0.261 e. The third kappa shape index (κ3) is 4.58. The first-order chi connectivity index (χ1) is 9.61. The topological polar surface area (TPSA) is 74.0 Å². The van der Waals surface area contributed by atoms with Crippen LogP contribution in [-0.2, 0) is 12.8 Å². The monoisotopic (exact) mass is 313 g/mol. The Morgan fingerprint density at radius 2 is 2.10 bits per heavy atom. The summed E-state index contributed by atoms with van der Waals surface area (Å²) in [5.74, 6) is -0.288. The van der Waals surface area contributed by atoms with Gasteiger partial charge in [-0.2, -0.15) is 0 Å². The Labute approximate surface area is 131 Å². The van der Waals surface area contributed by atoms with Crippen LogP contribution in [0.25, 0.3) is 0 Å². The molecule has 0 bridgehead atoms. The molecular formula is C15H24ClN3O2. The van der Waals surface area contributed by atoms with Crippen molar-refractivity contribution in [3.8, 4) is 0 Å². The molecule has 0 saturated carbocycles. The number of pyridine rings is 1. The molecule has 1 atom stereocenters. The predicted octanol–water partition coefficient (Wildman–Crippen LogP) is 1.40. The zero-order valence-corrected chi connectivity index (χ0v) is 13.4. The van der Waals surface area contributed by atoms with Crippen LogP contribution >= 0.6 is 12.4 Å². The Kier molecular flexibility index (Phi) is 6.92. The van der Waals surface area contributed by atoms with Crippen LogP contribution in [0.3, 0.4) is 0 Å². The van der Waals surface area contributed by atoms with E-state index in [1.165, 1.54) is 0 Å². The van der Waals surface area contributed by atoms with E-state index in [1.807, 2.05) is 13.8 Å². The molecule has 1 aromatic rings. The lowest BCUT2D eigenvalue weighted by atomic mass is 9.95. The number of carbonyl (C=O) groups excluding carboxylic acids is 1. The van der Waals surface area contributed by atoms with Gasteiger partial charge >= 0.3 is 0 Å². The normalized spacial score (nSPS) is 14.8. The Morgan fingerprint density at radius 3 is 2.81 bits per heavy atom. The van der Waals surface area contributed by atoms with Crippen LogP contribution in [0.15, 0.2) is 10.9 Å². The SMILES string of the molecule is CCN[C@H](C)CNC(=O)c1cc2c([nH]c1=O)CCCC2.Cl. The molecule has 0 saturated heterocycles.